The first-order valence-electron chi connectivity index (χ1n) is 7.17. The molecule has 0 nitrogen and oxygen atoms in total. The molecule has 2 saturated carbocycles. The summed E-state index contributed by atoms with van der Waals surface area (Å²) >= 11 is 0. The molecule has 0 aromatic heterocycles. The van der Waals surface area contributed by atoms with Crippen molar-refractivity contribution < 1.29 is 0 Å². The van der Waals surface area contributed by atoms with Crippen molar-refractivity contribution in [2.75, 3.05) is 0 Å². The lowest BCUT2D eigenvalue weighted by atomic mass is 9.76. The van der Waals surface area contributed by atoms with Crippen LogP contribution in [0, 0.1) is 11.8 Å². The maximum absolute atomic E-state index is 2.41. The lowest BCUT2D eigenvalue weighted by Crippen LogP contribution is -2.11. The van der Waals surface area contributed by atoms with E-state index in [1.54, 1.807) is 16.7 Å². The van der Waals surface area contributed by atoms with Crippen LogP contribution in [0.2, 0.25) is 0 Å². The van der Waals surface area contributed by atoms with Gasteiger partial charge in [-0.3, -0.25) is 0 Å². The summed E-state index contributed by atoms with van der Waals surface area (Å²) in [5, 5.41) is 0. The standard InChI is InChI=1S/C17H20/c1-11-10-16(12-6-7-12)17(13-8-9-13)15-5-3-2-4-14(11)15/h2-5,11-13H,6-10H2,1H3. The molecule has 0 heterocycles. The fourth-order valence-corrected chi connectivity index (χ4v) is 3.57. The summed E-state index contributed by atoms with van der Waals surface area (Å²) in [6, 6.07) is 9.17. The van der Waals surface area contributed by atoms with E-state index in [1.807, 2.05) is 5.57 Å². The Morgan fingerprint density at radius 3 is 2.35 bits per heavy atom. The minimum atomic E-state index is 0.740. The van der Waals surface area contributed by atoms with Crippen molar-refractivity contribution in [3.63, 3.8) is 0 Å². The molecule has 0 bridgehead atoms. The molecule has 0 radical (unpaired) electrons. The Bertz CT molecular complexity index is 487. The topological polar surface area (TPSA) is 0 Å². The second-order valence-corrected chi connectivity index (χ2v) is 6.18. The van der Waals surface area contributed by atoms with Gasteiger partial charge in [0.2, 0.25) is 0 Å². The van der Waals surface area contributed by atoms with Crippen molar-refractivity contribution in [2.45, 2.75) is 44.9 Å². The van der Waals surface area contributed by atoms with Gasteiger partial charge in [0.15, 0.2) is 0 Å². The minimum Gasteiger partial charge on any atom is -0.0624 e. The van der Waals surface area contributed by atoms with E-state index in [1.165, 1.54) is 32.1 Å². The Balaban J connectivity index is 1.90. The Hall–Kier alpha value is -1.04. The van der Waals surface area contributed by atoms with Crippen LogP contribution < -0.4 is 0 Å². The van der Waals surface area contributed by atoms with Crippen LogP contribution in [-0.4, -0.2) is 0 Å². The Morgan fingerprint density at radius 1 is 0.941 bits per heavy atom. The van der Waals surface area contributed by atoms with Crippen molar-refractivity contribution in [2.24, 2.45) is 11.8 Å². The molecule has 1 atom stereocenters. The first kappa shape index (κ1) is 9.94. The summed E-state index contributed by atoms with van der Waals surface area (Å²) in [6.45, 7) is 2.41. The van der Waals surface area contributed by atoms with Gasteiger partial charge in [-0.1, -0.05) is 36.8 Å². The van der Waals surface area contributed by atoms with Crippen molar-refractivity contribution in [1.82, 2.24) is 0 Å². The van der Waals surface area contributed by atoms with Crippen LogP contribution in [0.3, 0.4) is 0 Å². The molecule has 3 aliphatic carbocycles. The lowest BCUT2D eigenvalue weighted by molar-refractivity contribution is 0.693. The van der Waals surface area contributed by atoms with Gasteiger partial charge in [-0.05, 0) is 66.6 Å². The van der Waals surface area contributed by atoms with Gasteiger partial charge in [-0.25, -0.2) is 0 Å². The van der Waals surface area contributed by atoms with Gasteiger partial charge in [-0.15, -0.1) is 0 Å². The van der Waals surface area contributed by atoms with E-state index in [4.69, 9.17) is 0 Å². The number of allylic oxidation sites excluding steroid dienone is 2. The van der Waals surface area contributed by atoms with Crippen LogP contribution in [0.1, 0.15) is 56.1 Å². The average molecular weight is 224 g/mol. The van der Waals surface area contributed by atoms with E-state index in [0.717, 1.165) is 17.8 Å². The second kappa shape index (κ2) is 3.48. The van der Waals surface area contributed by atoms with Gasteiger partial charge >= 0.3 is 0 Å². The van der Waals surface area contributed by atoms with Gasteiger partial charge < -0.3 is 0 Å². The highest BCUT2D eigenvalue weighted by molar-refractivity contribution is 5.77. The second-order valence-electron chi connectivity index (χ2n) is 6.18. The highest BCUT2D eigenvalue weighted by atomic mass is 14.4. The molecule has 0 heteroatoms. The largest absolute Gasteiger partial charge is 0.0624 e. The summed E-state index contributed by atoms with van der Waals surface area (Å²) in [6.07, 6.45) is 7.14. The van der Waals surface area contributed by atoms with E-state index >= 15 is 0 Å². The van der Waals surface area contributed by atoms with E-state index < -0.39 is 0 Å². The van der Waals surface area contributed by atoms with Crippen LogP contribution in [0.25, 0.3) is 5.57 Å². The molecule has 0 saturated heterocycles. The zero-order valence-corrected chi connectivity index (χ0v) is 10.6. The summed E-state index contributed by atoms with van der Waals surface area (Å²) in [5.74, 6) is 2.62. The van der Waals surface area contributed by atoms with Gasteiger partial charge in [0.25, 0.3) is 0 Å². The summed E-state index contributed by atoms with van der Waals surface area (Å²) < 4.78 is 0. The molecule has 1 unspecified atom stereocenters. The third-order valence-corrected chi connectivity index (χ3v) is 4.71. The maximum atomic E-state index is 2.41. The summed E-state index contributed by atoms with van der Waals surface area (Å²) in [7, 11) is 0. The predicted octanol–water partition coefficient (Wildman–Crippen LogP) is 4.77. The molecule has 2 fully saturated rings. The molecule has 0 spiro atoms. The number of hydrogen-bond acceptors (Lipinski definition) is 0. The van der Waals surface area contributed by atoms with Crippen LogP contribution >= 0.6 is 0 Å². The summed E-state index contributed by atoms with van der Waals surface area (Å²) in [4.78, 5) is 0. The third kappa shape index (κ3) is 1.57. The fourth-order valence-electron chi connectivity index (χ4n) is 3.57. The first-order chi connectivity index (χ1) is 8.34. The SMILES string of the molecule is CC1CC(C2CC2)=C(C2CC2)c2ccccc21. The number of fused-ring (bicyclic) bond motifs is 1. The molecule has 0 aliphatic heterocycles. The van der Waals surface area contributed by atoms with Gasteiger partial charge in [0, 0.05) is 0 Å². The normalized spacial score (nSPS) is 28.2. The van der Waals surface area contributed by atoms with Crippen LogP contribution in [-0.2, 0) is 0 Å². The molecule has 88 valence electrons. The van der Waals surface area contributed by atoms with Crippen molar-refractivity contribution in [3.05, 3.63) is 41.0 Å². The highest BCUT2D eigenvalue weighted by Gasteiger charge is 2.39. The molecule has 4 rings (SSSR count). The lowest BCUT2D eigenvalue weighted by Gasteiger charge is -2.28. The van der Waals surface area contributed by atoms with Crippen LogP contribution in [0.15, 0.2) is 29.8 Å². The molecule has 1 aromatic carbocycles. The number of benzene rings is 1. The number of hydrogen-bond donors (Lipinski definition) is 0. The van der Waals surface area contributed by atoms with Crippen LogP contribution in [0.5, 0.6) is 0 Å². The molecule has 17 heavy (non-hydrogen) atoms. The Morgan fingerprint density at radius 2 is 1.65 bits per heavy atom. The average Bonchev–Trinajstić information content (AvgIpc) is 3.20. The van der Waals surface area contributed by atoms with E-state index in [-0.39, 0.29) is 0 Å². The molecular weight excluding hydrogens is 204 g/mol. The van der Waals surface area contributed by atoms with Gasteiger partial charge in [-0.2, -0.15) is 0 Å². The molecule has 3 aliphatic rings. The Kier molecular flexibility index (Phi) is 2.03. The van der Waals surface area contributed by atoms with E-state index in [2.05, 4.69) is 31.2 Å². The van der Waals surface area contributed by atoms with E-state index in [9.17, 15) is 0 Å². The third-order valence-electron chi connectivity index (χ3n) is 4.71. The molecular formula is C17H20. The van der Waals surface area contributed by atoms with Crippen molar-refractivity contribution >= 4 is 5.57 Å². The molecule has 0 N–H and O–H groups in total. The van der Waals surface area contributed by atoms with E-state index in [0.29, 0.717) is 0 Å². The summed E-state index contributed by atoms with van der Waals surface area (Å²) in [5.41, 5.74) is 6.84. The molecule has 1 aromatic rings. The zero-order valence-electron chi connectivity index (χ0n) is 10.6. The highest BCUT2D eigenvalue weighted by Crippen LogP contribution is 2.55. The monoisotopic (exact) mass is 224 g/mol. The smallest absolute Gasteiger partial charge is 0.0147 e. The first-order valence-corrected chi connectivity index (χ1v) is 7.17. The number of rotatable bonds is 2. The van der Waals surface area contributed by atoms with Gasteiger partial charge in [0.05, 0.1) is 0 Å². The fraction of sp³-hybridized carbons (Fsp3) is 0.529. The van der Waals surface area contributed by atoms with Crippen molar-refractivity contribution in [1.29, 1.82) is 0 Å². The minimum absolute atomic E-state index is 0.740. The zero-order chi connectivity index (χ0) is 11.4. The Labute approximate surface area is 104 Å². The van der Waals surface area contributed by atoms with Crippen LogP contribution in [0.4, 0.5) is 0 Å². The quantitative estimate of drug-likeness (QED) is 0.679. The predicted molar refractivity (Wildman–Crippen MR) is 71.8 cm³/mol. The molecule has 0 amide bonds. The van der Waals surface area contributed by atoms with Crippen molar-refractivity contribution in [3.8, 4) is 0 Å². The van der Waals surface area contributed by atoms with Gasteiger partial charge in [0.1, 0.15) is 0 Å². The maximum Gasteiger partial charge on any atom is -0.0147 e.